The standard InChI is InChI=1S/C50H73N5/c1-13-42(14-2)47(24-37(6)7)48(28-51-11)45-25-38(8)49(39(9)26-45)33-54-30-41(31-54)29-53-22-20-50(21-23-53)34-55(35-50)46-19-18-44(43(15-3)27-46)32-52(12)40(10)17-16-36(4)5/h13,15,18-19,24-28,40-41,51H,1,3-4,14,16-17,20-23,29-35H2,2,5-12H3/b47-42+,48-28-. The van der Waals surface area contributed by atoms with Crippen molar-refractivity contribution in [2.75, 3.05) is 64.8 Å². The predicted octanol–water partition coefficient (Wildman–Crippen LogP) is 10.6. The van der Waals surface area contributed by atoms with Crippen LogP contribution in [0.5, 0.6) is 0 Å². The van der Waals surface area contributed by atoms with Crippen LogP contribution in [-0.2, 0) is 13.1 Å². The molecular weight excluding hydrogens is 671 g/mol. The Morgan fingerprint density at radius 3 is 2.25 bits per heavy atom. The molecule has 3 aliphatic rings. The normalized spacial score (nSPS) is 18.7. The number of piperidine rings is 1. The molecule has 2 aromatic rings. The molecule has 0 aromatic heterocycles. The maximum Gasteiger partial charge on any atom is 0.0372 e. The van der Waals surface area contributed by atoms with Gasteiger partial charge in [0.1, 0.15) is 0 Å². The van der Waals surface area contributed by atoms with E-state index in [1.807, 2.05) is 19.2 Å². The number of hydrogen-bond acceptors (Lipinski definition) is 5. The molecule has 0 radical (unpaired) electrons. The number of nitrogens with one attached hydrogen (secondary N) is 1. The molecule has 1 atom stereocenters. The summed E-state index contributed by atoms with van der Waals surface area (Å²) in [6.45, 7) is 38.5. The first-order valence-electron chi connectivity index (χ1n) is 21.1. The van der Waals surface area contributed by atoms with E-state index in [4.69, 9.17) is 0 Å². The Balaban J connectivity index is 1.09. The summed E-state index contributed by atoms with van der Waals surface area (Å²) in [5, 5.41) is 3.32. The number of aryl methyl sites for hydroxylation is 2. The van der Waals surface area contributed by atoms with Gasteiger partial charge in [-0.2, -0.15) is 0 Å². The topological polar surface area (TPSA) is 25.0 Å². The summed E-state index contributed by atoms with van der Waals surface area (Å²) in [6, 6.07) is 12.4. The fourth-order valence-corrected chi connectivity index (χ4v) is 9.13. The lowest BCUT2D eigenvalue weighted by Gasteiger charge is -2.55. The highest BCUT2D eigenvalue weighted by Crippen LogP contribution is 2.43. The van der Waals surface area contributed by atoms with Gasteiger partial charge < -0.3 is 15.1 Å². The molecule has 5 nitrogen and oxygen atoms in total. The Labute approximate surface area is 336 Å². The summed E-state index contributed by atoms with van der Waals surface area (Å²) in [5.74, 6) is 0.782. The second-order valence-corrected chi connectivity index (χ2v) is 17.7. The lowest BCUT2D eigenvalue weighted by molar-refractivity contribution is 0.0251. The third-order valence-electron chi connectivity index (χ3n) is 12.8. The van der Waals surface area contributed by atoms with E-state index in [0.717, 1.165) is 38.3 Å². The van der Waals surface area contributed by atoms with Gasteiger partial charge in [0, 0.05) is 81.8 Å². The van der Waals surface area contributed by atoms with Gasteiger partial charge in [0.2, 0.25) is 0 Å². The second-order valence-electron chi connectivity index (χ2n) is 17.7. The van der Waals surface area contributed by atoms with Crippen LogP contribution in [0.1, 0.15) is 100 Å². The number of rotatable bonds is 18. The van der Waals surface area contributed by atoms with Crippen LogP contribution < -0.4 is 10.2 Å². The molecule has 0 bridgehead atoms. The highest BCUT2D eigenvalue weighted by atomic mass is 15.2. The first kappa shape index (κ1) is 42.5. The van der Waals surface area contributed by atoms with E-state index in [2.05, 4.69) is 143 Å². The molecule has 1 spiro atoms. The van der Waals surface area contributed by atoms with Crippen molar-refractivity contribution in [1.29, 1.82) is 0 Å². The average molecular weight is 744 g/mol. The molecule has 0 amide bonds. The average Bonchev–Trinajstić information content (AvgIpc) is 3.12. The molecule has 3 aliphatic heterocycles. The number of benzene rings is 2. The van der Waals surface area contributed by atoms with E-state index in [1.54, 1.807) is 0 Å². The minimum Gasteiger partial charge on any atom is -0.393 e. The number of hydrogen-bond donors (Lipinski definition) is 1. The van der Waals surface area contributed by atoms with Crippen molar-refractivity contribution in [3.05, 3.63) is 124 Å². The van der Waals surface area contributed by atoms with Crippen molar-refractivity contribution >= 4 is 17.3 Å². The molecule has 55 heavy (non-hydrogen) atoms. The van der Waals surface area contributed by atoms with Crippen LogP contribution in [0.3, 0.4) is 0 Å². The molecule has 3 heterocycles. The largest absolute Gasteiger partial charge is 0.393 e. The highest BCUT2D eigenvalue weighted by molar-refractivity contribution is 5.84. The smallest absolute Gasteiger partial charge is 0.0372 e. The molecule has 0 aliphatic carbocycles. The van der Waals surface area contributed by atoms with Crippen LogP contribution in [0.25, 0.3) is 11.6 Å². The first-order chi connectivity index (χ1) is 26.3. The quantitative estimate of drug-likeness (QED) is 0.121. The molecule has 5 rings (SSSR count). The summed E-state index contributed by atoms with van der Waals surface area (Å²) < 4.78 is 0. The zero-order valence-corrected chi connectivity index (χ0v) is 36.2. The van der Waals surface area contributed by atoms with Crippen LogP contribution in [0.4, 0.5) is 5.69 Å². The van der Waals surface area contributed by atoms with E-state index < -0.39 is 0 Å². The Kier molecular flexibility index (Phi) is 14.7. The maximum absolute atomic E-state index is 4.18. The van der Waals surface area contributed by atoms with Gasteiger partial charge in [0.25, 0.3) is 0 Å². The lowest BCUT2D eigenvalue weighted by Crippen LogP contribution is -2.61. The summed E-state index contributed by atoms with van der Waals surface area (Å²) in [5.41, 5.74) is 16.3. The maximum atomic E-state index is 4.18. The third kappa shape index (κ3) is 10.6. The first-order valence-corrected chi connectivity index (χ1v) is 21.1. The van der Waals surface area contributed by atoms with Gasteiger partial charge in [-0.25, -0.2) is 0 Å². The molecular formula is C50H73N5. The van der Waals surface area contributed by atoms with Crippen molar-refractivity contribution < 1.29 is 0 Å². The van der Waals surface area contributed by atoms with Gasteiger partial charge in [0.15, 0.2) is 0 Å². The highest BCUT2D eigenvalue weighted by Gasteiger charge is 2.45. The molecule has 1 unspecified atom stereocenters. The number of anilines is 1. The van der Waals surface area contributed by atoms with Gasteiger partial charge >= 0.3 is 0 Å². The molecule has 0 saturated carbocycles. The number of allylic oxidation sites excluding steroid dienone is 7. The molecule has 5 heteroatoms. The molecule has 1 N–H and O–H groups in total. The van der Waals surface area contributed by atoms with Crippen LogP contribution in [-0.4, -0.2) is 80.7 Å². The molecule has 298 valence electrons. The minimum atomic E-state index is 0.490. The summed E-state index contributed by atoms with van der Waals surface area (Å²) >= 11 is 0. The van der Waals surface area contributed by atoms with E-state index in [9.17, 15) is 0 Å². The van der Waals surface area contributed by atoms with Gasteiger partial charge in [-0.1, -0.05) is 67.7 Å². The van der Waals surface area contributed by atoms with Crippen molar-refractivity contribution in [3.63, 3.8) is 0 Å². The molecule has 3 fully saturated rings. The van der Waals surface area contributed by atoms with Gasteiger partial charge in [-0.15, -0.1) is 6.58 Å². The fraction of sp³-hybridized carbons (Fsp3) is 0.520. The predicted molar refractivity (Wildman–Crippen MR) is 240 cm³/mol. The van der Waals surface area contributed by atoms with Crippen molar-refractivity contribution in [1.82, 2.24) is 20.0 Å². The van der Waals surface area contributed by atoms with Crippen LogP contribution in [0, 0.1) is 25.2 Å². The van der Waals surface area contributed by atoms with Crippen LogP contribution in [0.2, 0.25) is 0 Å². The second kappa shape index (κ2) is 19.0. The number of nitrogens with zero attached hydrogens (tertiary/aromatic N) is 4. The Hall–Kier alpha value is -3.64. The molecule has 3 saturated heterocycles. The van der Waals surface area contributed by atoms with E-state index in [1.165, 1.54) is 126 Å². The van der Waals surface area contributed by atoms with E-state index in [0.29, 0.717) is 11.5 Å². The third-order valence-corrected chi connectivity index (χ3v) is 12.8. The van der Waals surface area contributed by atoms with E-state index in [-0.39, 0.29) is 0 Å². The van der Waals surface area contributed by atoms with Gasteiger partial charge in [0.05, 0.1) is 0 Å². The Morgan fingerprint density at radius 1 is 1.02 bits per heavy atom. The zero-order chi connectivity index (χ0) is 39.9. The van der Waals surface area contributed by atoms with E-state index >= 15 is 0 Å². The fourth-order valence-electron chi connectivity index (χ4n) is 9.13. The summed E-state index contributed by atoms with van der Waals surface area (Å²) in [6.07, 6.45) is 14.4. The molecule has 2 aromatic carbocycles. The summed E-state index contributed by atoms with van der Waals surface area (Å²) in [7, 11) is 4.23. The monoisotopic (exact) mass is 744 g/mol. The lowest BCUT2D eigenvalue weighted by atomic mass is 9.71. The zero-order valence-electron chi connectivity index (χ0n) is 36.2. The SMILES string of the molecule is C=C/C(CC)=C(C=C(C)C)\C(=C/NC)c1cc(C)c(CN2CC(CN3CCC4(CC3)CN(c3ccc(CN(C)C(C)CCC(=C)C)c(C=C)c3)C4)C2)c(C)c1. The van der Waals surface area contributed by atoms with Crippen molar-refractivity contribution in [2.24, 2.45) is 11.3 Å². The Bertz CT molecular complexity index is 1740. The number of likely N-dealkylation sites (tertiary alicyclic amines) is 2. The van der Waals surface area contributed by atoms with Gasteiger partial charge in [-0.3, -0.25) is 9.80 Å². The van der Waals surface area contributed by atoms with Crippen LogP contribution >= 0.6 is 0 Å². The van der Waals surface area contributed by atoms with Crippen molar-refractivity contribution in [3.8, 4) is 0 Å². The summed E-state index contributed by atoms with van der Waals surface area (Å²) in [4.78, 5) is 10.5. The minimum absolute atomic E-state index is 0.490. The van der Waals surface area contributed by atoms with Crippen molar-refractivity contribution in [2.45, 2.75) is 99.7 Å². The Morgan fingerprint density at radius 2 is 1.69 bits per heavy atom. The van der Waals surface area contributed by atoms with Crippen LogP contribution in [0.15, 0.2) is 90.7 Å². The van der Waals surface area contributed by atoms with Gasteiger partial charge in [-0.05, 0) is 156 Å².